The highest BCUT2D eigenvalue weighted by Gasteiger charge is 2.22. The van der Waals surface area contributed by atoms with E-state index in [-0.39, 0.29) is 11.8 Å². The Morgan fingerprint density at radius 3 is 2.71 bits per heavy atom. The number of piperidine rings is 1. The lowest BCUT2D eigenvalue weighted by molar-refractivity contribution is 0.477. The van der Waals surface area contributed by atoms with Crippen molar-refractivity contribution in [3.8, 4) is 17.1 Å². The number of aryl methyl sites for hydroxylation is 1. The molecule has 0 amide bonds. The molecule has 3 heterocycles. The van der Waals surface area contributed by atoms with Gasteiger partial charge in [-0.1, -0.05) is 12.1 Å². The van der Waals surface area contributed by atoms with E-state index >= 15 is 0 Å². The van der Waals surface area contributed by atoms with Crippen LogP contribution in [0.4, 0.5) is 5.82 Å². The summed E-state index contributed by atoms with van der Waals surface area (Å²) in [6, 6.07) is 7.50. The van der Waals surface area contributed by atoms with E-state index in [2.05, 4.69) is 17.2 Å². The number of hydrogen-bond acceptors (Lipinski definition) is 6. The average molecular weight is 340 g/mol. The summed E-state index contributed by atoms with van der Waals surface area (Å²) in [7, 11) is 0. The molecule has 0 aliphatic carbocycles. The number of nitrogens with two attached hydrogens (primary N) is 1. The average Bonchev–Trinajstić information content (AvgIpc) is 2.96. The number of phenols is 1. The first-order valence-corrected chi connectivity index (χ1v) is 9.06. The molecule has 5 nitrogen and oxygen atoms in total. The molecule has 24 heavy (non-hydrogen) atoms. The molecule has 0 bridgehead atoms. The molecule has 1 fully saturated rings. The summed E-state index contributed by atoms with van der Waals surface area (Å²) >= 11 is 1.62. The van der Waals surface area contributed by atoms with Crippen LogP contribution in [0.2, 0.25) is 0 Å². The molecule has 124 valence electrons. The van der Waals surface area contributed by atoms with Crippen LogP contribution in [-0.2, 0) is 0 Å². The van der Waals surface area contributed by atoms with Crippen LogP contribution < -0.4 is 10.6 Å². The van der Waals surface area contributed by atoms with Gasteiger partial charge in [0.25, 0.3) is 0 Å². The maximum atomic E-state index is 10.2. The molecule has 4 rings (SSSR count). The maximum Gasteiger partial charge on any atom is 0.166 e. The van der Waals surface area contributed by atoms with Gasteiger partial charge in [0.15, 0.2) is 5.82 Å². The van der Waals surface area contributed by atoms with Crippen LogP contribution in [0.5, 0.6) is 5.75 Å². The second kappa shape index (κ2) is 6.03. The van der Waals surface area contributed by atoms with Gasteiger partial charge >= 0.3 is 0 Å². The highest BCUT2D eigenvalue weighted by Crippen LogP contribution is 2.36. The Morgan fingerprint density at radius 1 is 1.21 bits per heavy atom. The van der Waals surface area contributed by atoms with E-state index in [0.29, 0.717) is 11.4 Å². The van der Waals surface area contributed by atoms with Crippen molar-refractivity contribution in [3.63, 3.8) is 0 Å². The zero-order chi connectivity index (χ0) is 16.7. The van der Waals surface area contributed by atoms with E-state index in [1.807, 2.05) is 12.1 Å². The molecule has 6 heteroatoms. The predicted molar refractivity (Wildman–Crippen MR) is 98.7 cm³/mol. The molecular weight excluding hydrogens is 320 g/mol. The summed E-state index contributed by atoms with van der Waals surface area (Å²) in [5.74, 6) is 1.74. The fourth-order valence-electron chi connectivity index (χ4n) is 3.19. The smallest absolute Gasteiger partial charge is 0.166 e. The van der Waals surface area contributed by atoms with Crippen LogP contribution in [0.1, 0.15) is 18.4 Å². The third-order valence-electron chi connectivity index (χ3n) is 4.58. The van der Waals surface area contributed by atoms with Gasteiger partial charge in [0, 0.05) is 19.1 Å². The highest BCUT2D eigenvalue weighted by molar-refractivity contribution is 7.17. The zero-order valence-corrected chi connectivity index (χ0v) is 14.4. The summed E-state index contributed by atoms with van der Waals surface area (Å²) in [5.41, 5.74) is 7.91. The van der Waals surface area contributed by atoms with Crippen molar-refractivity contribution in [3.05, 3.63) is 35.2 Å². The van der Waals surface area contributed by atoms with Crippen LogP contribution in [0, 0.1) is 6.92 Å². The van der Waals surface area contributed by atoms with Gasteiger partial charge in [0.05, 0.1) is 10.9 Å². The molecule has 0 unspecified atom stereocenters. The number of anilines is 1. The first-order chi connectivity index (χ1) is 11.6. The number of nitrogens with zero attached hydrogens (tertiary/aromatic N) is 3. The number of thiophene rings is 1. The Labute approximate surface area is 144 Å². The molecule has 1 saturated heterocycles. The number of fused-ring (bicyclic) bond motifs is 1. The number of aromatic nitrogens is 2. The van der Waals surface area contributed by atoms with Crippen LogP contribution in [0.3, 0.4) is 0 Å². The van der Waals surface area contributed by atoms with Gasteiger partial charge in [-0.25, -0.2) is 9.97 Å². The fraction of sp³-hybridized carbons (Fsp3) is 0.333. The summed E-state index contributed by atoms with van der Waals surface area (Å²) in [4.78, 5) is 12.8. The minimum absolute atomic E-state index is 0.205. The Balaban J connectivity index is 1.88. The van der Waals surface area contributed by atoms with E-state index in [9.17, 15) is 5.11 Å². The minimum Gasteiger partial charge on any atom is -0.507 e. The van der Waals surface area contributed by atoms with Crippen molar-refractivity contribution in [2.75, 3.05) is 18.0 Å². The number of aromatic hydroxyl groups is 1. The largest absolute Gasteiger partial charge is 0.507 e. The molecule has 1 aliphatic heterocycles. The van der Waals surface area contributed by atoms with Crippen molar-refractivity contribution in [2.24, 2.45) is 5.73 Å². The number of benzene rings is 1. The molecule has 0 atom stereocenters. The van der Waals surface area contributed by atoms with Crippen LogP contribution in [-0.4, -0.2) is 34.2 Å². The number of para-hydroxylation sites is 1. The van der Waals surface area contributed by atoms with Gasteiger partial charge in [-0.05, 0) is 42.8 Å². The van der Waals surface area contributed by atoms with Gasteiger partial charge in [-0.3, -0.25) is 0 Å². The van der Waals surface area contributed by atoms with E-state index < -0.39 is 0 Å². The van der Waals surface area contributed by atoms with Gasteiger partial charge in [-0.15, -0.1) is 11.3 Å². The Bertz CT molecular complexity index is 884. The first kappa shape index (κ1) is 15.4. The molecule has 3 N–H and O–H groups in total. The van der Waals surface area contributed by atoms with Crippen molar-refractivity contribution >= 4 is 27.4 Å². The Hall–Kier alpha value is -2.18. The quantitative estimate of drug-likeness (QED) is 0.749. The predicted octanol–water partition coefficient (Wildman–Crippen LogP) is 3.30. The molecule has 0 saturated carbocycles. The topological polar surface area (TPSA) is 75.3 Å². The number of hydrogen-bond donors (Lipinski definition) is 2. The van der Waals surface area contributed by atoms with E-state index in [0.717, 1.165) is 42.0 Å². The molecule has 1 aromatic carbocycles. The van der Waals surface area contributed by atoms with Gasteiger partial charge < -0.3 is 15.7 Å². The summed E-state index contributed by atoms with van der Waals surface area (Å²) in [5, 5.41) is 13.4. The maximum absolute atomic E-state index is 10.2. The van der Waals surface area contributed by atoms with Crippen LogP contribution >= 0.6 is 11.3 Å². The summed E-state index contributed by atoms with van der Waals surface area (Å²) in [6.45, 7) is 3.91. The third-order valence-corrected chi connectivity index (χ3v) is 5.57. The number of phenolic OH excluding ortho intramolecular Hbond substituents is 1. The highest BCUT2D eigenvalue weighted by atomic mass is 32.1. The van der Waals surface area contributed by atoms with Gasteiger partial charge in [0.2, 0.25) is 0 Å². The molecular formula is C18H20N4OS. The summed E-state index contributed by atoms with van der Waals surface area (Å²) in [6.07, 6.45) is 1.95. The SMILES string of the molecule is Cc1csc2nc(-c3ccccc3O)nc(N3CCC(N)CC3)c12. The fourth-order valence-corrected chi connectivity index (χ4v) is 4.10. The number of rotatable bonds is 2. The normalized spacial score (nSPS) is 16.0. The summed E-state index contributed by atoms with van der Waals surface area (Å²) < 4.78 is 0. The van der Waals surface area contributed by atoms with E-state index in [4.69, 9.17) is 15.7 Å². The van der Waals surface area contributed by atoms with Gasteiger partial charge in [-0.2, -0.15) is 0 Å². The van der Waals surface area contributed by atoms with Crippen molar-refractivity contribution in [1.82, 2.24) is 9.97 Å². The Kier molecular flexibility index (Phi) is 3.86. The van der Waals surface area contributed by atoms with Crippen LogP contribution in [0.15, 0.2) is 29.6 Å². The minimum atomic E-state index is 0.205. The molecule has 2 aromatic heterocycles. The second-order valence-corrected chi connectivity index (χ2v) is 7.17. The van der Waals surface area contributed by atoms with Crippen molar-refractivity contribution < 1.29 is 5.11 Å². The molecule has 1 aliphatic rings. The Morgan fingerprint density at radius 2 is 1.96 bits per heavy atom. The standard InChI is InChI=1S/C18H20N4OS/c1-11-10-24-18-15(11)17(22-8-6-12(19)7-9-22)20-16(21-18)13-4-2-3-5-14(13)23/h2-5,10,12,23H,6-9,19H2,1H3. The molecule has 3 aromatic rings. The zero-order valence-electron chi connectivity index (χ0n) is 13.6. The van der Waals surface area contributed by atoms with Gasteiger partial charge in [0.1, 0.15) is 16.4 Å². The monoisotopic (exact) mass is 340 g/mol. The van der Waals surface area contributed by atoms with E-state index in [1.54, 1.807) is 23.5 Å². The lowest BCUT2D eigenvalue weighted by atomic mass is 10.1. The third kappa shape index (κ3) is 2.61. The lowest BCUT2D eigenvalue weighted by Gasteiger charge is -2.31. The van der Waals surface area contributed by atoms with Crippen LogP contribution in [0.25, 0.3) is 21.6 Å². The van der Waals surface area contributed by atoms with E-state index in [1.165, 1.54) is 5.56 Å². The first-order valence-electron chi connectivity index (χ1n) is 8.18. The van der Waals surface area contributed by atoms with Crippen molar-refractivity contribution in [1.29, 1.82) is 0 Å². The molecule has 0 spiro atoms. The second-order valence-electron chi connectivity index (χ2n) is 6.31. The lowest BCUT2D eigenvalue weighted by Crippen LogP contribution is -2.40. The van der Waals surface area contributed by atoms with Crippen molar-refractivity contribution in [2.45, 2.75) is 25.8 Å². The molecule has 0 radical (unpaired) electrons.